The Morgan fingerprint density at radius 1 is 1.55 bits per heavy atom. The van der Waals surface area contributed by atoms with Gasteiger partial charge in [-0.15, -0.1) is 12.3 Å². The third-order valence-corrected chi connectivity index (χ3v) is 1.35. The largest absolute Gasteiger partial charge is 0.313 e. The first-order chi connectivity index (χ1) is 5.27. The van der Waals surface area contributed by atoms with Gasteiger partial charge in [-0.1, -0.05) is 12.2 Å². The topological polar surface area (TPSA) is 12.0 Å². The first-order valence-electron chi connectivity index (χ1n) is 4.06. The van der Waals surface area contributed by atoms with Gasteiger partial charge in [0.1, 0.15) is 0 Å². The summed E-state index contributed by atoms with van der Waals surface area (Å²) in [5, 5.41) is 3.28. The van der Waals surface area contributed by atoms with Crippen molar-refractivity contribution in [2.75, 3.05) is 13.1 Å². The third kappa shape index (κ3) is 9.26. The van der Waals surface area contributed by atoms with Crippen LogP contribution in [0, 0.1) is 12.3 Å². The predicted molar refractivity (Wildman–Crippen MR) is 50.4 cm³/mol. The zero-order valence-electron chi connectivity index (χ0n) is 7.32. The van der Waals surface area contributed by atoms with Crippen molar-refractivity contribution in [3.05, 3.63) is 12.2 Å². The lowest BCUT2D eigenvalue weighted by Gasteiger charge is -2.01. The molecule has 0 saturated carbocycles. The molecule has 0 aromatic rings. The van der Waals surface area contributed by atoms with Crippen LogP contribution in [0.25, 0.3) is 0 Å². The van der Waals surface area contributed by atoms with E-state index in [1.807, 2.05) is 6.92 Å². The normalized spacial score (nSPS) is 9.09. The van der Waals surface area contributed by atoms with Crippen LogP contribution in [0.15, 0.2) is 12.2 Å². The van der Waals surface area contributed by atoms with Gasteiger partial charge in [-0.25, -0.2) is 0 Å². The van der Waals surface area contributed by atoms with Crippen LogP contribution in [-0.4, -0.2) is 13.1 Å². The molecule has 0 amide bonds. The van der Waals surface area contributed by atoms with Gasteiger partial charge in [0.2, 0.25) is 0 Å². The molecular formula is C10H17N. The van der Waals surface area contributed by atoms with Gasteiger partial charge >= 0.3 is 0 Å². The van der Waals surface area contributed by atoms with Crippen molar-refractivity contribution >= 4 is 0 Å². The lowest BCUT2D eigenvalue weighted by atomic mass is 10.2. The number of nitrogens with one attached hydrogen (secondary N) is 1. The van der Waals surface area contributed by atoms with Crippen molar-refractivity contribution in [1.82, 2.24) is 5.32 Å². The van der Waals surface area contributed by atoms with E-state index in [0.29, 0.717) is 0 Å². The van der Waals surface area contributed by atoms with E-state index in [9.17, 15) is 0 Å². The molecule has 0 aromatic carbocycles. The summed E-state index contributed by atoms with van der Waals surface area (Å²) in [5.74, 6) is 2.62. The quantitative estimate of drug-likeness (QED) is 0.347. The zero-order chi connectivity index (χ0) is 8.53. The van der Waals surface area contributed by atoms with Crippen LogP contribution < -0.4 is 5.32 Å². The van der Waals surface area contributed by atoms with Gasteiger partial charge in [0, 0.05) is 13.0 Å². The van der Waals surface area contributed by atoms with Crippen LogP contribution in [0.3, 0.4) is 0 Å². The maximum absolute atomic E-state index is 5.11. The molecule has 62 valence electrons. The molecule has 0 aliphatic carbocycles. The first-order valence-corrected chi connectivity index (χ1v) is 4.06. The van der Waals surface area contributed by atoms with Gasteiger partial charge in [0.15, 0.2) is 0 Å². The number of terminal acetylenes is 1. The van der Waals surface area contributed by atoms with Gasteiger partial charge in [-0.3, -0.25) is 0 Å². The van der Waals surface area contributed by atoms with E-state index in [0.717, 1.165) is 32.4 Å². The summed E-state index contributed by atoms with van der Waals surface area (Å²) in [6, 6.07) is 0. The monoisotopic (exact) mass is 151 g/mol. The molecule has 1 heteroatoms. The molecule has 0 rings (SSSR count). The molecule has 0 radical (unpaired) electrons. The fraction of sp³-hybridized carbons (Fsp3) is 0.600. The van der Waals surface area contributed by atoms with Crippen LogP contribution in [-0.2, 0) is 0 Å². The average Bonchev–Trinajstić information content (AvgIpc) is 1.96. The molecule has 0 heterocycles. The maximum Gasteiger partial charge on any atom is 0.0159 e. The number of unbranched alkanes of at least 4 members (excludes halogenated alkanes) is 2. The highest BCUT2D eigenvalue weighted by Gasteiger charge is 1.87. The Morgan fingerprint density at radius 3 is 2.82 bits per heavy atom. The van der Waals surface area contributed by atoms with Crippen molar-refractivity contribution in [3.8, 4) is 12.3 Å². The van der Waals surface area contributed by atoms with Crippen molar-refractivity contribution < 1.29 is 0 Å². The van der Waals surface area contributed by atoms with E-state index in [1.54, 1.807) is 0 Å². The van der Waals surface area contributed by atoms with Gasteiger partial charge < -0.3 is 5.32 Å². The molecule has 0 bridgehead atoms. The van der Waals surface area contributed by atoms with E-state index in [4.69, 9.17) is 6.42 Å². The second kappa shape index (κ2) is 7.37. The van der Waals surface area contributed by atoms with Gasteiger partial charge in [0.05, 0.1) is 0 Å². The Balaban J connectivity index is 2.92. The molecule has 0 saturated heterocycles. The van der Waals surface area contributed by atoms with Crippen LogP contribution in [0.4, 0.5) is 0 Å². The average molecular weight is 151 g/mol. The Labute approximate surface area is 69.9 Å². The molecule has 1 N–H and O–H groups in total. The summed E-state index contributed by atoms with van der Waals surface area (Å²) in [7, 11) is 0. The van der Waals surface area contributed by atoms with Gasteiger partial charge in [-0.05, 0) is 26.3 Å². The molecule has 0 aromatic heterocycles. The van der Waals surface area contributed by atoms with Crippen molar-refractivity contribution in [2.45, 2.75) is 26.2 Å². The van der Waals surface area contributed by atoms with Crippen LogP contribution in [0.2, 0.25) is 0 Å². The lowest BCUT2D eigenvalue weighted by molar-refractivity contribution is 0.657. The van der Waals surface area contributed by atoms with Crippen molar-refractivity contribution in [2.24, 2.45) is 0 Å². The molecule has 0 aliphatic heterocycles. The standard InChI is InChI=1S/C10H17N/c1-4-5-6-7-8-11-9-10(2)3/h1,11H,2,5-9H2,3H3. The third-order valence-electron chi connectivity index (χ3n) is 1.35. The van der Waals surface area contributed by atoms with Crippen LogP contribution in [0.5, 0.6) is 0 Å². The van der Waals surface area contributed by atoms with Gasteiger partial charge in [-0.2, -0.15) is 0 Å². The highest BCUT2D eigenvalue weighted by atomic mass is 14.8. The molecule has 0 spiro atoms. The summed E-state index contributed by atoms with van der Waals surface area (Å²) >= 11 is 0. The highest BCUT2D eigenvalue weighted by molar-refractivity contribution is 4.90. The van der Waals surface area contributed by atoms with Crippen LogP contribution >= 0.6 is 0 Å². The van der Waals surface area contributed by atoms with Crippen LogP contribution in [0.1, 0.15) is 26.2 Å². The van der Waals surface area contributed by atoms with Crippen molar-refractivity contribution in [1.29, 1.82) is 0 Å². The SMILES string of the molecule is C#CCCCCNCC(=C)C. The Kier molecular flexibility index (Phi) is 6.87. The predicted octanol–water partition coefficient (Wildman–Crippen LogP) is 1.96. The minimum absolute atomic E-state index is 0.898. The second-order valence-electron chi connectivity index (χ2n) is 2.80. The number of rotatable bonds is 6. The summed E-state index contributed by atoms with van der Waals surface area (Å²) in [4.78, 5) is 0. The smallest absolute Gasteiger partial charge is 0.0159 e. The number of hydrogen-bond donors (Lipinski definition) is 1. The summed E-state index contributed by atoms with van der Waals surface area (Å²) in [6.45, 7) is 7.79. The minimum atomic E-state index is 0.898. The van der Waals surface area contributed by atoms with E-state index in [-0.39, 0.29) is 0 Å². The van der Waals surface area contributed by atoms with E-state index < -0.39 is 0 Å². The second-order valence-corrected chi connectivity index (χ2v) is 2.80. The van der Waals surface area contributed by atoms with E-state index >= 15 is 0 Å². The molecule has 0 aliphatic rings. The highest BCUT2D eigenvalue weighted by Crippen LogP contribution is 1.91. The molecule has 0 atom stereocenters. The Morgan fingerprint density at radius 2 is 2.27 bits per heavy atom. The molecular weight excluding hydrogens is 134 g/mol. The number of hydrogen-bond acceptors (Lipinski definition) is 1. The molecule has 1 nitrogen and oxygen atoms in total. The van der Waals surface area contributed by atoms with E-state index in [2.05, 4.69) is 17.8 Å². The molecule has 11 heavy (non-hydrogen) atoms. The lowest BCUT2D eigenvalue weighted by Crippen LogP contribution is -2.16. The Bertz CT molecular complexity index is 141. The maximum atomic E-state index is 5.11. The zero-order valence-corrected chi connectivity index (χ0v) is 7.32. The van der Waals surface area contributed by atoms with Gasteiger partial charge in [0.25, 0.3) is 0 Å². The summed E-state index contributed by atoms with van der Waals surface area (Å²) in [6.07, 6.45) is 8.29. The Hall–Kier alpha value is -0.740. The van der Waals surface area contributed by atoms with E-state index in [1.165, 1.54) is 5.57 Å². The minimum Gasteiger partial charge on any atom is -0.313 e. The first kappa shape index (κ1) is 10.3. The fourth-order valence-corrected chi connectivity index (χ4v) is 0.779. The molecule has 0 fully saturated rings. The summed E-state index contributed by atoms with van der Waals surface area (Å²) in [5.41, 5.74) is 1.18. The summed E-state index contributed by atoms with van der Waals surface area (Å²) < 4.78 is 0. The van der Waals surface area contributed by atoms with Crippen molar-refractivity contribution in [3.63, 3.8) is 0 Å². The fourth-order valence-electron chi connectivity index (χ4n) is 0.779. The molecule has 0 unspecified atom stereocenters.